The molecule has 2 heterocycles. The smallest absolute Gasteiger partial charge is 0.354 e. The van der Waals surface area contributed by atoms with Crippen LogP contribution in [0.25, 0.3) is 0 Å². The van der Waals surface area contributed by atoms with E-state index in [1.807, 2.05) is 20.0 Å². The highest BCUT2D eigenvalue weighted by Crippen LogP contribution is 2.12. The lowest BCUT2D eigenvalue weighted by Gasteiger charge is -2.05. The van der Waals surface area contributed by atoms with Gasteiger partial charge in [0.2, 0.25) is 0 Å². The zero-order valence-electron chi connectivity index (χ0n) is 10.1. The Labute approximate surface area is 104 Å². The van der Waals surface area contributed by atoms with Crippen molar-refractivity contribution in [2.24, 2.45) is 7.05 Å². The molecule has 0 fully saturated rings. The zero-order valence-corrected chi connectivity index (χ0v) is 10.1. The molecular weight excluding hydrogens is 234 g/mol. The molecule has 0 saturated heterocycles. The Morgan fingerprint density at radius 2 is 2.28 bits per heavy atom. The van der Waals surface area contributed by atoms with Crippen LogP contribution < -0.4 is 4.74 Å². The molecule has 2 aromatic rings. The van der Waals surface area contributed by atoms with E-state index in [2.05, 4.69) is 10.1 Å². The molecule has 0 atom stereocenters. The summed E-state index contributed by atoms with van der Waals surface area (Å²) in [6.45, 7) is 2.28. The van der Waals surface area contributed by atoms with Crippen molar-refractivity contribution in [2.45, 2.75) is 13.5 Å². The van der Waals surface area contributed by atoms with E-state index in [0.29, 0.717) is 12.4 Å². The monoisotopic (exact) mass is 247 g/mol. The number of ether oxygens (including phenoxy) is 1. The number of carboxylic acids is 1. The average Bonchev–Trinajstić information content (AvgIpc) is 2.66. The molecule has 1 N–H and O–H groups in total. The summed E-state index contributed by atoms with van der Waals surface area (Å²) >= 11 is 0. The molecule has 0 unspecified atom stereocenters. The largest absolute Gasteiger partial charge is 0.486 e. The highest BCUT2D eigenvalue weighted by Gasteiger charge is 2.06. The Kier molecular flexibility index (Phi) is 3.27. The second-order valence-corrected chi connectivity index (χ2v) is 3.87. The Bertz CT molecular complexity index is 560. The molecular formula is C12H13N3O3. The van der Waals surface area contributed by atoms with E-state index < -0.39 is 5.97 Å². The number of carboxylic acid groups (broad SMARTS) is 1. The molecule has 0 aromatic carbocycles. The third kappa shape index (κ3) is 2.65. The maximum Gasteiger partial charge on any atom is 0.354 e. The van der Waals surface area contributed by atoms with Crippen LogP contribution in [0.3, 0.4) is 0 Å². The first-order valence-corrected chi connectivity index (χ1v) is 5.38. The van der Waals surface area contributed by atoms with Crippen molar-refractivity contribution < 1.29 is 14.6 Å². The highest BCUT2D eigenvalue weighted by atomic mass is 16.5. The van der Waals surface area contributed by atoms with Gasteiger partial charge < -0.3 is 9.84 Å². The molecule has 0 bridgehead atoms. The van der Waals surface area contributed by atoms with Gasteiger partial charge in [0.1, 0.15) is 18.1 Å². The van der Waals surface area contributed by atoms with Crippen LogP contribution in [0.15, 0.2) is 24.4 Å². The van der Waals surface area contributed by atoms with Crippen molar-refractivity contribution in [3.05, 3.63) is 41.5 Å². The molecule has 0 amide bonds. The first-order valence-electron chi connectivity index (χ1n) is 5.38. The van der Waals surface area contributed by atoms with Gasteiger partial charge in [-0.2, -0.15) is 5.10 Å². The summed E-state index contributed by atoms with van der Waals surface area (Å²) < 4.78 is 7.25. The molecule has 94 valence electrons. The summed E-state index contributed by atoms with van der Waals surface area (Å²) in [7, 11) is 1.84. The Balaban J connectivity index is 2.02. The summed E-state index contributed by atoms with van der Waals surface area (Å²) in [6.07, 6.45) is 1.40. The van der Waals surface area contributed by atoms with Crippen LogP contribution in [0.2, 0.25) is 0 Å². The standard InChI is InChI=1S/C12H13N3O3/c1-8-5-9(15(2)14-8)7-18-10-3-4-11(12(16)17)13-6-10/h3-6H,7H2,1-2H3,(H,16,17). The van der Waals surface area contributed by atoms with Crippen LogP contribution in [0, 0.1) is 6.92 Å². The van der Waals surface area contributed by atoms with Crippen molar-refractivity contribution in [1.82, 2.24) is 14.8 Å². The number of aromatic nitrogens is 3. The van der Waals surface area contributed by atoms with Crippen molar-refractivity contribution in [3.8, 4) is 5.75 Å². The number of hydrogen-bond acceptors (Lipinski definition) is 4. The third-order valence-corrected chi connectivity index (χ3v) is 2.44. The minimum absolute atomic E-state index is 0.00118. The molecule has 2 rings (SSSR count). The number of aryl methyl sites for hydroxylation is 2. The van der Waals surface area contributed by atoms with Crippen molar-refractivity contribution in [2.75, 3.05) is 0 Å². The van der Waals surface area contributed by atoms with Crippen molar-refractivity contribution >= 4 is 5.97 Å². The van der Waals surface area contributed by atoms with Crippen LogP contribution in [0.1, 0.15) is 21.9 Å². The summed E-state index contributed by atoms with van der Waals surface area (Å²) in [5, 5.41) is 12.9. The van der Waals surface area contributed by atoms with E-state index in [9.17, 15) is 4.79 Å². The van der Waals surface area contributed by atoms with E-state index in [4.69, 9.17) is 9.84 Å². The summed E-state index contributed by atoms with van der Waals surface area (Å²) in [6, 6.07) is 4.92. The first-order chi connectivity index (χ1) is 8.56. The fraction of sp³-hybridized carbons (Fsp3) is 0.250. The molecule has 0 saturated carbocycles. The van der Waals surface area contributed by atoms with Gasteiger partial charge in [-0.25, -0.2) is 9.78 Å². The van der Waals surface area contributed by atoms with Gasteiger partial charge in [-0.15, -0.1) is 0 Å². The number of hydrogen-bond donors (Lipinski definition) is 1. The molecule has 0 aliphatic rings. The van der Waals surface area contributed by atoms with Gasteiger partial charge in [-0.05, 0) is 25.1 Å². The quantitative estimate of drug-likeness (QED) is 0.883. The maximum absolute atomic E-state index is 10.6. The minimum Gasteiger partial charge on any atom is -0.486 e. The lowest BCUT2D eigenvalue weighted by molar-refractivity contribution is 0.0690. The zero-order chi connectivity index (χ0) is 13.1. The molecule has 2 aromatic heterocycles. The lowest BCUT2D eigenvalue weighted by atomic mass is 10.3. The van der Waals surface area contributed by atoms with E-state index in [0.717, 1.165) is 11.4 Å². The molecule has 0 radical (unpaired) electrons. The van der Waals surface area contributed by atoms with Crippen LogP contribution in [-0.2, 0) is 13.7 Å². The van der Waals surface area contributed by atoms with Crippen LogP contribution >= 0.6 is 0 Å². The number of nitrogens with zero attached hydrogens (tertiary/aromatic N) is 3. The SMILES string of the molecule is Cc1cc(COc2ccc(C(=O)O)nc2)n(C)n1. The number of aromatic carboxylic acids is 1. The van der Waals surface area contributed by atoms with Gasteiger partial charge in [0.05, 0.1) is 17.6 Å². The van der Waals surface area contributed by atoms with Crippen molar-refractivity contribution in [3.63, 3.8) is 0 Å². The predicted molar refractivity (Wildman–Crippen MR) is 63.5 cm³/mol. The fourth-order valence-electron chi connectivity index (χ4n) is 1.55. The summed E-state index contributed by atoms with van der Waals surface area (Å²) in [5.74, 6) is -0.525. The fourth-order valence-corrected chi connectivity index (χ4v) is 1.55. The summed E-state index contributed by atoms with van der Waals surface area (Å²) in [5.41, 5.74) is 1.86. The van der Waals surface area contributed by atoms with Crippen molar-refractivity contribution in [1.29, 1.82) is 0 Å². The maximum atomic E-state index is 10.6. The van der Waals surface area contributed by atoms with Gasteiger partial charge in [0.15, 0.2) is 0 Å². The van der Waals surface area contributed by atoms with Gasteiger partial charge in [-0.3, -0.25) is 4.68 Å². The predicted octanol–water partition coefficient (Wildman–Crippen LogP) is 1.40. The second kappa shape index (κ2) is 4.87. The van der Waals surface area contributed by atoms with Crippen LogP contribution in [0.5, 0.6) is 5.75 Å². The Morgan fingerprint density at radius 1 is 1.50 bits per heavy atom. The Morgan fingerprint density at radius 3 is 2.78 bits per heavy atom. The number of pyridine rings is 1. The van der Waals surface area contributed by atoms with Crippen LogP contribution in [0.4, 0.5) is 0 Å². The van der Waals surface area contributed by atoms with Crippen LogP contribution in [-0.4, -0.2) is 25.8 Å². The molecule has 18 heavy (non-hydrogen) atoms. The third-order valence-electron chi connectivity index (χ3n) is 2.44. The molecule has 0 aliphatic carbocycles. The normalized spacial score (nSPS) is 10.3. The second-order valence-electron chi connectivity index (χ2n) is 3.87. The van der Waals surface area contributed by atoms with E-state index in [1.54, 1.807) is 10.7 Å². The molecule has 0 spiro atoms. The number of rotatable bonds is 4. The van der Waals surface area contributed by atoms with E-state index in [1.165, 1.54) is 12.3 Å². The Hall–Kier alpha value is -2.37. The number of carbonyl (C=O) groups is 1. The summed E-state index contributed by atoms with van der Waals surface area (Å²) in [4.78, 5) is 14.4. The first kappa shape index (κ1) is 12.1. The van der Waals surface area contributed by atoms with Gasteiger partial charge in [0.25, 0.3) is 0 Å². The highest BCUT2D eigenvalue weighted by molar-refractivity contribution is 5.85. The minimum atomic E-state index is -1.05. The van der Waals surface area contributed by atoms with Gasteiger partial charge in [0, 0.05) is 7.05 Å². The van der Waals surface area contributed by atoms with E-state index in [-0.39, 0.29) is 5.69 Å². The lowest BCUT2D eigenvalue weighted by Crippen LogP contribution is -2.04. The topological polar surface area (TPSA) is 77.2 Å². The molecule has 6 heteroatoms. The average molecular weight is 247 g/mol. The molecule has 6 nitrogen and oxygen atoms in total. The van der Waals surface area contributed by atoms with E-state index >= 15 is 0 Å². The van der Waals surface area contributed by atoms with Gasteiger partial charge >= 0.3 is 5.97 Å². The molecule has 0 aliphatic heterocycles. The van der Waals surface area contributed by atoms with Gasteiger partial charge in [-0.1, -0.05) is 0 Å².